The Morgan fingerprint density at radius 3 is 2.83 bits per heavy atom. The smallest absolute Gasteiger partial charge is 0.278 e. The third kappa shape index (κ3) is 3.33. The van der Waals surface area contributed by atoms with E-state index in [9.17, 15) is 4.79 Å². The SMILES string of the molecule is CN1C[C@H](Nc2nc3cc[nH]c3c(=O)n2C)C[C@H](c2ccc3c(c2)OCCO3)C1. The Morgan fingerprint density at radius 2 is 1.97 bits per heavy atom. The Morgan fingerprint density at radius 1 is 1.14 bits per heavy atom. The predicted octanol–water partition coefficient (Wildman–Crippen LogP) is 1.93. The monoisotopic (exact) mass is 395 g/mol. The molecule has 1 fully saturated rings. The number of H-pyrrole nitrogens is 1. The molecule has 0 amide bonds. The van der Waals surface area contributed by atoms with E-state index in [1.54, 1.807) is 17.8 Å². The number of likely N-dealkylation sites (tertiary alicyclic amines) is 1. The van der Waals surface area contributed by atoms with Crippen LogP contribution in [0.15, 0.2) is 35.3 Å². The lowest BCUT2D eigenvalue weighted by atomic mass is 9.88. The molecule has 0 radical (unpaired) electrons. The second-order valence-corrected chi connectivity index (χ2v) is 7.94. The summed E-state index contributed by atoms with van der Waals surface area (Å²) < 4.78 is 13.0. The van der Waals surface area contributed by atoms with Crippen LogP contribution in [0.1, 0.15) is 17.9 Å². The van der Waals surface area contributed by atoms with Crippen LogP contribution in [0.3, 0.4) is 0 Å². The molecule has 0 spiro atoms. The first-order valence-electron chi connectivity index (χ1n) is 9.97. The van der Waals surface area contributed by atoms with E-state index < -0.39 is 0 Å². The van der Waals surface area contributed by atoms with E-state index in [1.165, 1.54) is 5.56 Å². The van der Waals surface area contributed by atoms with Crippen LogP contribution in [0, 0.1) is 0 Å². The Labute approximate surface area is 168 Å². The Bertz CT molecular complexity index is 1110. The van der Waals surface area contributed by atoms with Gasteiger partial charge in [-0.3, -0.25) is 9.36 Å². The maximum Gasteiger partial charge on any atom is 0.278 e. The maximum atomic E-state index is 12.6. The van der Waals surface area contributed by atoms with Crippen LogP contribution in [0.4, 0.5) is 5.95 Å². The highest BCUT2D eigenvalue weighted by atomic mass is 16.6. The zero-order valence-electron chi connectivity index (χ0n) is 16.6. The minimum Gasteiger partial charge on any atom is -0.486 e. The van der Waals surface area contributed by atoms with Crippen LogP contribution in [-0.4, -0.2) is 58.8 Å². The molecule has 2 aliphatic heterocycles. The van der Waals surface area contributed by atoms with Gasteiger partial charge < -0.3 is 24.7 Å². The van der Waals surface area contributed by atoms with Crippen molar-refractivity contribution in [2.75, 3.05) is 38.7 Å². The van der Waals surface area contributed by atoms with Gasteiger partial charge in [-0.25, -0.2) is 4.98 Å². The number of aromatic nitrogens is 3. The van der Waals surface area contributed by atoms with E-state index >= 15 is 0 Å². The van der Waals surface area contributed by atoms with Gasteiger partial charge in [0.1, 0.15) is 18.7 Å². The Balaban J connectivity index is 1.39. The number of hydrogen-bond acceptors (Lipinski definition) is 6. The minimum absolute atomic E-state index is 0.0740. The molecule has 2 N–H and O–H groups in total. The lowest BCUT2D eigenvalue weighted by molar-refractivity contribution is 0.171. The maximum absolute atomic E-state index is 12.6. The second kappa shape index (κ2) is 7.11. The van der Waals surface area contributed by atoms with E-state index in [1.807, 2.05) is 12.1 Å². The highest BCUT2D eigenvalue weighted by molar-refractivity contribution is 5.75. The molecular weight excluding hydrogens is 370 g/mol. The first kappa shape index (κ1) is 18.1. The van der Waals surface area contributed by atoms with Crippen molar-refractivity contribution in [1.82, 2.24) is 19.4 Å². The summed E-state index contributed by atoms with van der Waals surface area (Å²) in [4.78, 5) is 22.5. The van der Waals surface area contributed by atoms with Crippen molar-refractivity contribution in [1.29, 1.82) is 0 Å². The van der Waals surface area contributed by atoms with Crippen LogP contribution in [0.25, 0.3) is 11.0 Å². The standard InChI is InChI=1S/C21H25N5O3/c1-25-11-14(13-3-4-17-18(10-13)29-8-7-28-17)9-15(12-25)23-21-24-16-5-6-22-19(16)20(27)26(21)2/h3-6,10,14-15,22H,7-9,11-12H2,1-2H3,(H,23,24)/t14-,15+/m0/s1. The second-order valence-electron chi connectivity index (χ2n) is 7.94. The van der Waals surface area contributed by atoms with Crippen LogP contribution in [-0.2, 0) is 7.05 Å². The summed E-state index contributed by atoms with van der Waals surface area (Å²) in [7, 11) is 3.88. The molecule has 3 aromatic rings. The highest BCUT2D eigenvalue weighted by Crippen LogP contribution is 2.36. The van der Waals surface area contributed by atoms with Gasteiger partial charge in [0.2, 0.25) is 5.95 Å². The average Bonchev–Trinajstić information content (AvgIpc) is 3.20. The number of nitrogens with zero attached hydrogens (tertiary/aromatic N) is 3. The summed E-state index contributed by atoms with van der Waals surface area (Å²) in [5.41, 5.74) is 2.39. The average molecular weight is 395 g/mol. The van der Waals surface area contributed by atoms with E-state index in [4.69, 9.17) is 9.47 Å². The van der Waals surface area contributed by atoms with Gasteiger partial charge in [0, 0.05) is 32.4 Å². The number of benzene rings is 1. The molecule has 0 unspecified atom stereocenters. The minimum atomic E-state index is -0.0740. The fourth-order valence-corrected chi connectivity index (χ4v) is 4.37. The van der Waals surface area contributed by atoms with Crippen molar-refractivity contribution < 1.29 is 9.47 Å². The fourth-order valence-electron chi connectivity index (χ4n) is 4.37. The Kier molecular flexibility index (Phi) is 4.43. The quantitative estimate of drug-likeness (QED) is 0.705. The Hall–Kier alpha value is -3.00. The zero-order valence-corrected chi connectivity index (χ0v) is 16.6. The fraction of sp³-hybridized carbons (Fsp3) is 0.429. The molecule has 152 valence electrons. The predicted molar refractivity (Wildman–Crippen MR) is 111 cm³/mol. The van der Waals surface area contributed by atoms with Gasteiger partial charge >= 0.3 is 0 Å². The van der Waals surface area contributed by atoms with Crippen LogP contribution < -0.4 is 20.3 Å². The summed E-state index contributed by atoms with van der Waals surface area (Å²) in [6, 6.07) is 8.25. The van der Waals surface area contributed by atoms with Crippen molar-refractivity contribution in [3.63, 3.8) is 0 Å². The van der Waals surface area contributed by atoms with Gasteiger partial charge in [-0.15, -0.1) is 0 Å². The zero-order chi connectivity index (χ0) is 20.0. The number of anilines is 1. The largest absolute Gasteiger partial charge is 0.486 e. The van der Waals surface area contributed by atoms with Gasteiger partial charge in [0.15, 0.2) is 11.5 Å². The lowest BCUT2D eigenvalue weighted by Gasteiger charge is -2.37. The molecule has 0 bridgehead atoms. The van der Waals surface area contributed by atoms with E-state index in [-0.39, 0.29) is 11.6 Å². The summed E-state index contributed by atoms with van der Waals surface area (Å²) in [5, 5.41) is 3.50. The van der Waals surface area contributed by atoms with Crippen molar-refractivity contribution in [3.05, 3.63) is 46.4 Å². The molecule has 8 heteroatoms. The molecule has 2 aliphatic rings. The number of likely N-dealkylation sites (N-methyl/N-ethyl adjacent to an activating group) is 1. The normalized spacial score (nSPS) is 22.0. The summed E-state index contributed by atoms with van der Waals surface area (Å²) in [5.74, 6) is 2.60. The molecule has 0 saturated carbocycles. The molecule has 1 saturated heterocycles. The molecule has 8 nitrogen and oxygen atoms in total. The number of aromatic amines is 1. The number of piperidine rings is 1. The molecule has 2 aromatic heterocycles. The third-order valence-electron chi connectivity index (χ3n) is 5.79. The molecule has 29 heavy (non-hydrogen) atoms. The van der Waals surface area contributed by atoms with Crippen molar-refractivity contribution in [2.24, 2.45) is 7.05 Å². The molecule has 1 aromatic carbocycles. The van der Waals surface area contributed by atoms with Gasteiger partial charge in [-0.05, 0) is 43.1 Å². The van der Waals surface area contributed by atoms with Gasteiger partial charge in [-0.1, -0.05) is 6.07 Å². The highest BCUT2D eigenvalue weighted by Gasteiger charge is 2.28. The summed E-state index contributed by atoms with van der Waals surface area (Å²) >= 11 is 0. The van der Waals surface area contributed by atoms with Crippen molar-refractivity contribution in [3.8, 4) is 11.5 Å². The topological polar surface area (TPSA) is 84.4 Å². The number of fused-ring (bicyclic) bond motifs is 2. The van der Waals surface area contributed by atoms with E-state index in [0.29, 0.717) is 36.1 Å². The third-order valence-corrected chi connectivity index (χ3v) is 5.79. The van der Waals surface area contributed by atoms with E-state index in [0.717, 1.165) is 31.0 Å². The van der Waals surface area contributed by atoms with E-state index in [2.05, 4.69) is 39.4 Å². The number of hydrogen-bond donors (Lipinski definition) is 2. The molecule has 4 heterocycles. The molecular formula is C21H25N5O3. The molecule has 2 atom stereocenters. The van der Waals surface area contributed by atoms with Crippen LogP contribution >= 0.6 is 0 Å². The van der Waals surface area contributed by atoms with Gasteiger partial charge in [0.05, 0.1) is 5.52 Å². The van der Waals surface area contributed by atoms with Crippen LogP contribution in [0.2, 0.25) is 0 Å². The summed E-state index contributed by atoms with van der Waals surface area (Å²) in [6.45, 7) is 3.05. The summed E-state index contributed by atoms with van der Waals surface area (Å²) in [6.07, 6.45) is 2.69. The van der Waals surface area contributed by atoms with Gasteiger partial charge in [0.25, 0.3) is 5.56 Å². The molecule has 0 aliphatic carbocycles. The number of ether oxygens (including phenoxy) is 2. The lowest BCUT2D eigenvalue weighted by Crippen LogP contribution is -2.44. The number of nitrogens with one attached hydrogen (secondary N) is 2. The molecule has 5 rings (SSSR count). The number of rotatable bonds is 3. The first-order valence-corrected chi connectivity index (χ1v) is 9.97. The van der Waals surface area contributed by atoms with Crippen LogP contribution in [0.5, 0.6) is 11.5 Å². The van der Waals surface area contributed by atoms with Crippen molar-refractivity contribution in [2.45, 2.75) is 18.4 Å². The van der Waals surface area contributed by atoms with Gasteiger partial charge in [-0.2, -0.15) is 0 Å². The van der Waals surface area contributed by atoms with Crippen molar-refractivity contribution >= 4 is 17.0 Å². The first-order chi connectivity index (χ1) is 14.1.